The summed E-state index contributed by atoms with van der Waals surface area (Å²) in [6.07, 6.45) is 0.425. The number of hydrogen-bond acceptors (Lipinski definition) is 4. The van der Waals surface area contributed by atoms with Crippen LogP contribution in [0.5, 0.6) is 0 Å². The molecule has 0 amide bonds. The van der Waals surface area contributed by atoms with Crippen molar-refractivity contribution in [2.45, 2.75) is 19.6 Å². The summed E-state index contributed by atoms with van der Waals surface area (Å²) in [5.74, 6) is -0.593. The highest BCUT2D eigenvalue weighted by atomic mass is 16.6. The zero-order valence-corrected chi connectivity index (χ0v) is 8.78. The Balaban J connectivity index is 0. The first kappa shape index (κ1) is 14.6. The van der Waals surface area contributed by atoms with E-state index in [1.54, 1.807) is 6.92 Å². The summed E-state index contributed by atoms with van der Waals surface area (Å²) in [4.78, 5) is 12.3. The molecule has 0 aliphatic heterocycles. The van der Waals surface area contributed by atoms with Gasteiger partial charge in [0.15, 0.2) is 0 Å². The minimum absolute atomic E-state index is 0.402. The van der Waals surface area contributed by atoms with Crippen molar-refractivity contribution in [2.75, 3.05) is 21.1 Å². The third kappa shape index (κ3) is 18.2. The fraction of sp³-hybridized carbons (Fsp3) is 0.667. The lowest BCUT2D eigenvalue weighted by molar-refractivity contribution is -0.161. The second-order valence-electron chi connectivity index (χ2n) is 2.85. The van der Waals surface area contributed by atoms with Crippen LogP contribution in [-0.4, -0.2) is 43.4 Å². The number of hydrogen-bond donors (Lipinski definition) is 1. The topological polar surface area (TPSA) is 49.8 Å². The van der Waals surface area contributed by atoms with Crippen LogP contribution in [0.15, 0.2) is 12.7 Å². The van der Waals surface area contributed by atoms with Crippen LogP contribution in [0.1, 0.15) is 13.3 Å². The highest BCUT2D eigenvalue weighted by Crippen LogP contribution is 1.92. The van der Waals surface area contributed by atoms with Crippen LogP contribution in [0.2, 0.25) is 0 Å². The number of nitrogens with zero attached hydrogens (tertiary/aromatic N) is 1. The third-order valence-electron chi connectivity index (χ3n) is 0.768. The van der Waals surface area contributed by atoms with Crippen LogP contribution >= 0.6 is 0 Å². The lowest BCUT2D eigenvalue weighted by atomic mass is 10.5. The predicted molar refractivity (Wildman–Crippen MR) is 52.2 cm³/mol. The van der Waals surface area contributed by atoms with E-state index < -0.39 is 12.3 Å². The summed E-state index contributed by atoms with van der Waals surface area (Å²) in [5.41, 5.74) is 0. The van der Waals surface area contributed by atoms with Gasteiger partial charge in [-0.05, 0) is 21.1 Å². The standard InChI is InChI=1S/C6H10O3.C3H9N/c1-3-5(7)9-6(8)4-2;1-4(2)3/h3,6,8H,1,4H2,2H3;1-3H3. The molecule has 0 spiro atoms. The second-order valence-corrected chi connectivity index (χ2v) is 2.85. The van der Waals surface area contributed by atoms with Crippen LogP contribution in [-0.2, 0) is 9.53 Å². The number of carbonyl (C=O) groups is 1. The molecule has 0 saturated heterocycles. The summed E-state index contributed by atoms with van der Waals surface area (Å²) in [6.45, 7) is 4.87. The predicted octanol–water partition coefficient (Wildman–Crippen LogP) is 0.622. The van der Waals surface area contributed by atoms with Gasteiger partial charge in [-0.1, -0.05) is 13.5 Å². The SMILES string of the molecule is C=CC(=O)OC(O)CC.CN(C)C. The Kier molecular flexibility index (Phi) is 10.4. The first-order valence-corrected chi connectivity index (χ1v) is 4.06. The maximum atomic E-state index is 10.3. The average Bonchev–Trinajstić information content (AvgIpc) is 2.03. The van der Waals surface area contributed by atoms with Crippen LogP contribution in [0.4, 0.5) is 0 Å². The lowest BCUT2D eigenvalue weighted by Gasteiger charge is -2.05. The molecular formula is C9H19NO3. The van der Waals surface area contributed by atoms with Crippen LogP contribution in [0.3, 0.4) is 0 Å². The van der Waals surface area contributed by atoms with Gasteiger partial charge >= 0.3 is 5.97 Å². The molecule has 1 atom stereocenters. The van der Waals surface area contributed by atoms with Crippen molar-refractivity contribution in [3.05, 3.63) is 12.7 Å². The maximum Gasteiger partial charge on any atom is 0.332 e. The molecule has 1 unspecified atom stereocenters. The van der Waals surface area contributed by atoms with Gasteiger partial charge in [-0.15, -0.1) is 0 Å². The fourth-order valence-electron chi connectivity index (χ4n) is 0.266. The molecule has 0 aromatic carbocycles. The van der Waals surface area contributed by atoms with E-state index in [-0.39, 0.29) is 0 Å². The third-order valence-corrected chi connectivity index (χ3v) is 0.768. The molecule has 0 rings (SSSR count). The van der Waals surface area contributed by atoms with E-state index in [2.05, 4.69) is 11.3 Å². The number of carbonyl (C=O) groups excluding carboxylic acids is 1. The van der Waals surface area contributed by atoms with Gasteiger partial charge in [-0.3, -0.25) is 0 Å². The van der Waals surface area contributed by atoms with Crippen LogP contribution in [0, 0.1) is 0 Å². The van der Waals surface area contributed by atoms with E-state index in [4.69, 9.17) is 5.11 Å². The van der Waals surface area contributed by atoms with Gasteiger partial charge in [-0.25, -0.2) is 4.79 Å². The van der Waals surface area contributed by atoms with Crippen molar-refractivity contribution in [2.24, 2.45) is 0 Å². The van der Waals surface area contributed by atoms with E-state index in [9.17, 15) is 4.79 Å². The molecule has 13 heavy (non-hydrogen) atoms. The molecular weight excluding hydrogens is 170 g/mol. The van der Waals surface area contributed by atoms with Gasteiger partial charge in [0.25, 0.3) is 0 Å². The summed E-state index contributed by atoms with van der Waals surface area (Å²) in [5, 5.41) is 8.67. The molecule has 0 aromatic rings. The number of esters is 1. The smallest absolute Gasteiger partial charge is 0.332 e. The highest BCUT2D eigenvalue weighted by Gasteiger charge is 2.02. The number of aliphatic hydroxyl groups excluding tert-OH is 1. The first-order valence-electron chi connectivity index (χ1n) is 4.06. The Bertz CT molecular complexity index is 143. The zero-order valence-electron chi connectivity index (χ0n) is 8.78. The van der Waals surface area contributed by atoms with Gasteiger partial charge in [0.2, 0.25) is 6.29 Å². The Labute approximate surface area is 79.8 Å². The van der Waals surface area contributed by atoms with Gasteiger partial charge in [-0.2, -0.15) is 0 Å². The minimum atomic E-state index is -0.990. The van der Waals surface area contributed by atoms with Crippen molar-refractivity contribution in [3.63, 3.8) is 0 Å². The van der Waals surface area contributed by atoms with Gasteiger partial charge in [0.1, 0.15) is 0 Å². The van der Waals surface area contributed by atoms with E-state index in [1.165, 1.54) is 0 Å². The molecule has 78 valence electrons. The van der Waals surface area contributed by atoms with Crippen LogP contribution < -0.4 is 0 Å². The molecule has 4 heteroatoms. The van der Waals surface area contributed by atoms with Crippen LogP contribution in [0.25, 0.3) is 0 Å². The van der Waals surface area contributed by atoms with Crippen molar-refractivity contribution >= 4 is 5.97 Å². The Morgan fingerprint density at radius 1 is 1.62 bits per heavy atom. The molecule has 1 N–H and O–H groups in total. The Morgan fingerprint density at radius 3 is 2.23 bits per heavy atom. The molecule has 0 bridgehead atoms. The minimum Gasteiger partial charge on any atom is -0.433 e. The van der Waals surface area contributed by atoms with Crippen molar-refractivity contribution in [1.82, 2.24) is 4.90 Å². The summed E-state index contributed by atoms with van der Waals surface area (Å²) in [7, 11) is 6.00. The largest absolute Gasteiger partial charge is 0.433 e. The Morgan fingerprint density at radius 2 is 2.00 bits per heavy atom. The first-order chi connectivity index (χ1) is 5.93. The highest BCUT2D eigenvalue weighted by molar-refractivity contribution is 5.81. The maximum absolute atomic E-state index is 10.3. The monoisotopic (exact) mass is 189 g/mol. The lowest BCUT2D eigenvalue weighted by Crippen LogP contribution is -2.14. The fourth-order valence-corrected chi connectivity index (χ4v) is 0.266. The molecule has 4 nitrogen and oxygen atoms in total. The Hall–Kier alpha value is -0.870. The molecule has 0 aliphatic rings. The molecule has 0 radical (unpaired) electrons. The van der Waals surface area contributed by atoms with E-state index >= 15 is 0 Å². The molecule has 0 heterocycles. The second kappa shape index (κ2) is 9.22. The molecule has 0 saturated carbocycles. The number of aliphatic hydroxyl groups is 1. The summed E-state index contributed by atoms with van der Waals surface area (Å²) < 4.78 is 4.35. The average molecular weight is 189 g/mol. The summed E-state index contributed by atoms with van der Waals surface area (Å²) >= 11 is 0. The van der Waals surface area contributed by atoms with Crippen molar-refractivity contribution in [3.8, 4) is 0 Å². The quantitative estimate of drug-likeness (QED) is 0.402. The normalized spacial score (nSPS) is 11.2. The van der Waals surface area contributed by atoms with Gasteiger partial charge < -0.3 is 14.7 Å². The van der Waals surface area contributed by atoms with E-state index in [0.29, 0.717) is 6.42 Å². The summed E-state index contributed by atoms with van der Waals surface area (Å²) in [6, 6.07) is 0. The zero-order chi connectivity index (χ0) is 10.9. The van der Waals surface area contributed by atoms with Gasteiger partial charge in [0, 0.05) is 12.5 Å². The molecule has 0 fully saturated rings. The van der Waals surface area contributed by atoms with E-state index in [1.807, 2.05) is 26.0 Å². The number of ether oxygens (including phenoxy) is 1. The van der Waals surface area contributed by atoms with Crippen molar-refractivity contribution < 1.29 is 14.6 Å². The molecule has 0 aromatic heterocycles. The van der Waals surface area contributed by atoms with Gasteiger partial charge in [0.05, 0.1) is 0 Å². The molecule has 0 aliphatic carbocycles. The van der Waals surface area contributed by atoms with E-state index in [0.717, 1.165) is 6.08 Å². The van der Waals surface area contributed by atoms with Crippen molar-refractivity contribution in [1.29, 1.82) is 0 Å². The number of rotatable bonds is 3.